The van der Waals surface area contributed by atoms with E-state index in [0.29, 0.717) is 11.2 Å². The van der Waals surface area contributed by atoms with Crippen molar-refractivity contribution in [3.8, 4) is 0 Å². The smallest absolute Gasteiger partial charge is 0.258 e. The van der Waals surface area contributed by atoms with Gasteiger partial charge in [-0.05, 0) is 18.9 Å². The van der Waals surface area contributed by atoms with Crippen molar-refractivity contribution >= 4 is 11.0 Å². The van der Waals surface area contributed by atoms with Gasteiger partial charge in [0.2, 0.25) is 0 Å². The van der Waals surface area contributed by atoms with Crippen LogP contribution in [0.2, 0.25) is 0 Å². The van der Waals surface area contributed by atoms with E-state index in [1.807, 2.05) is 0 Å². The molecule has 18 heavy (non-hydrogen) atoms. The summed E-state index contributed by atoms with van der Waals surface area (Å²) in [6.45, 7) is -0.240. The summed E-state index contributed by atoms with van der Waals surface area (Å²) in [5, 5.41) is 10.1. The van der Waals surface area contributed by atoms with Gasteiger partial charge in [0.15, 0.2) is 0 Å². The lowest BCUT2D eigenvalue weighted by Crippen LogP contribution is -2.27. The number of aromatic nitrogens is 3. The van der Waals surface area contributed by atoms with Crippen LogP contribution in [-0.4, -0.2) is 19.6 Å². The molecule has 1 aliphatic carbocycles. The molecule has 1 N–H and O–H groups in total. The van der Waals surface area contributed by atoms with E-state index in [2.05, 4.69) is 9.97 Å². The average molecular weight is 245 g/mol. The van der Waals surface area contributed by atoms with E-state index in [1.165, 1.54) is 6.33 Å². The number of nitrogens with zero attached hydrogens (tertiary/aromatic N) is 3. The van der Waals surface area contributed by atoms with E-state index in [-0.39, 0.29) is 18.2 Å². The third kappa shape index (κ3) is 1.71. The summed E-state index contributed by atoms with van der Waals surface area (Å²) in [6, 6.07) is 1.89. The summed E-state index contributed by atoms with van der Waals surface area (Å²) in [6.07, 6.45) is 7.46. The van der Waals surface area contributed by atoms with Crippen LogP contribution in [0.4, 0.5) is 0 Å². The largest absolute Gasteiger partial charge is 0.391 e. The van der Waals surface area contributed by atoms with E-state index >= 15 is 0 Å². The number of fused-ring (bicyclic) bond motifs is 1. The average Bonchev–Trinajstić information content (AvgIpc) is 2.91. The quantitative estimate of drug-likeness (QED) is 0.868. The summed E-state index contributed by atoms with van der Waals surface area (Å²) in [7, 11) is 0. The summed E-state index contributed by atoms with van der Waals surface area (Å²) < 4.78 is 1.75. The van der Waals surface area contributed by atoms with Crippen LogP contribution in [0.3, 0.4) is 0 Å². The number of rotatable bonds is 2. The molecule has 0 bridgehead atoms. The minimum absolute atomic E-state index is 0.115. The molecule has 0 radical (unpaired) electrons. The molecule has 5 heteroatoms. The van der Waals surface area contributed by atoms with Gasteiger partial charge in [0.1, 0.15) is 12.0 Å². The minimum atomic E-state index is -0.240. The number of hydrogen-bond acceptors (Lipinski definition) is 4. The summed E-state index contributed by atoms with van der Waals surface area (Å²) >= 11 is 0. The Morgan fingerprint density at radius 2 is 2.17 bits per heavy atom. The van der Waals surface area contributed by atoms with Crippen molar-refractivity contribution < 1.29 is 5.11 Å². The first-order valence-corrected chi connectivity index (χ1v) is 6.26. The summed E-state index contributed by atoms with van der Waals surface area (Å²) in [5.74, 6) is 0. The number of aliphatic hydroxyl groups is 1. The lowest BCUT2D eigenvalue weighted by molar-refractivity contribution is 0.279. The van der Waals surface area contributed by atoms with Gasteiger partial charge in [0, 0.05) is 23.2 Å². The monoisotopic (exact) mass is 245 g/mol. The van der Waals surface area contributed by atoms with Crippen LogP contribution >= 0.6 is 0 Å². The summed E-state index contributed by atoms with van der Waals surface area (Å²) in [4.78, 5) is 20.6. The van der Waals surface area contributed by atoms with Crippen molar-refractivity contribution in [3.63, 3.8) is 0 Å². The minimum Gasteiger partial charge on any atom is -0.391 e. The first-order valence-electron chi connectivity index (χ1n) is 6.26. The Kier molecular flexibility index (Phi) is 2.83. The fourth-order valence-electron chi connectivity index (χ4n) is 2.75. The van der Waals surface area contributed by atoms with Crippen LogP contribution < -0.4 is 5.56 Å². The molecular formula is C13H15N3O2. The molecule has 2 aromatic rings. The molecular weight excluding hydrogens is 230 g/mol. The van der Waals surface area contributed by atoms with Crippen LogP contribution in [0.5, 0.6) is 0 Å². The second kappa shape index (κ2) is 4.49. The maximum Gasteiger partial charge on any atom is 0.258 e. The highest BCUT2D eigenvalue weighted by Crippen LogP contribution is 2.30. The first kappa shape index (κ1) is 11.3. The highest BCUT2D eigenvalue weighted by molar-refractivity contribution is 5.74. The molecule has 0 saturated heterocycles. The Morgan fingerprint density at radius 1 is 1.39 bits per heavy atom. The van der Waals surface area contributed by atoms with E-state index in [0.717, 1.165) is 31.1 Å². The SMILES string of the molecule is O=c1c(CO)cc2cncnc2n1C1CCCC1. The second-order valence-electron chi connectivity index (χ2n) is 4.74. The Bertz CT molecular complexity index is 630. The van der Waals surface area contributed by atoms with Crippen LogP contribution in [0, 0.1) is 0 Å². The molecule has 1 fully saturated rings. The van der Waals surface area contributed by atoms with Crippen molar-refractivity contribution in [2.45, 2.75) is 38.3 Å². The number of hydrogen-bond donors (Lipinski definition) is 1. The highest BCUT2D eigenvalue weighted by atomic mass is 16.3. The molecule has 0 unspecified atom stereocenters. The lowest BCUT2D eigenvalue weighted by Gasteiger charge is -2.16. The molecule has 5 nitrogen and oxygen atoms in total. The third-order valence-electron chi connectivity index (χ3n) is 3.63. The van der Waals surface area contributed by atoms with Crippen LogP contribution in [0.15, 0.2) is 23.4 Å². The molecule has 2 heterocycles. The van der Waals surface area contributed by atoms with Gasteiger partial charge in [-0.3, -0.25) is 9.36 Å². The fraction of sp³-hybridized carbons (Fsp3) is 0.462. The fourth-order valence-corrected chi connectivity index (χ4v) is 2.75. The zero-order chi connectivity index (χ0) is 12.5. The third-order valence-corrected chi connectivity index (χ3v) is 3.63. The van der Waals surface area contributed by atoms with E-state index in [1.54, 1.807) is 16.8 Å². The Morgan fingerprint density at radius 3 is 2.89 bits per heavy atom. The van der Waals surface area contributed by atoms with Crippen molar-refractivity contribution in [1.82, 2.24) is 14.5 Å². The van der Waals surface area contributed by atoms with E-state index < -0.39 is 0 Å². The van der Waals surface area contributed by atoms with Gasteiger partial charge >= 0.3 is 0 Å². The first-order chi connectivity index (χ1) is 8.81. The van der Waals surface area contributed by atoms with Crippen molar-refractivity contribution in [1.29, 1.82) is 0 Å². The van der Waals surface area contributed by atoms with Crippen LogP contribution in [0.1, 0.15) is 37.3 Å². The Hall–Kier alpha value is -1.75. The van der Waals surface area contributed by atoms with Gasteiger partial charge in [0.05, 0.1) is 6.61 Å². The van der Waals surface area contributed by atoms with Gasteiger partial charge in [-0.2, -0.15) is 0 Å². The maximum atomic E-state index is 12.3. The van der Waals surface area contributed by atoms with E-state index in [4.69, 9.17) is 0 Å². The number of aliphatic hydroxyl groups excluding tert-OH is 1. The van der Waals surface area contributed by atoms with Crippen molar-refractivity contribution in [3.05, 3.63) is 34.5 Å². The number of pyridine rings is 1. The van der Waals surface area contributed by atoms with Crippen molar-refractivity contribution in [2.24, 2.45) is 0 Å². The zero-order valence-electron chi connectivity index (χ0n) is 10.0. The molecule has 0 aromatic carbocycles. The molecule has 0 atom stereocenters. The molecule has 1 aliphatic rings. The molecule has 2 aromatic heterocycles. The molecule has 0 spiro atoms. The van der Waals surface area contributed by atoms with Crippen LogP contribution in [-0.2, 0) is 6.61 Å². The Balaban J connectivity index is 2.31. The van der Waals surface area contributed by atoms with Crippen molar-refractivity contribution in [2.75, 3.05) is 0 Å². The highest BCUT2D eigenvalue weighted by Gasteiger charge is 2.21. The lowest BCUT2D eigenvalue weighted by atomic mass is 10.2. The van der Waals surface area contributed by atoms with E-state index in [9.17, 15) is 9.90 Å². The van der Waals surface area contributed by atoms with Gasteiger partial charge in [-0.25, -0.2) is 9.97 Å². The molecule has 0 amide bonds. The predicted molar refractivity (Wildman–Crippen MR) is 67.2 cm³/mol. The molecule has 1 saturated carbocycles. The maximum absolute atomic E-state index is 12.3. The van der Waals surface area contributed by atoms with Crippen LogP contribution in [0.25, 0.3) is 11.0 Å². The Labute approximate surface area is 104 Å². The topological polar surface area (TPSA) is 68.0 Å². The zero-order valence-corrected chi connectivity index (χ0v) is 10.0. The van der Waals surface area contributed by atoms with Gasteiger partial charge in [-0.1, -0.05) is 12.8 Å². The predicted octanol–water partition coefficient (Wildman–Crippen LogP) is 1.40. The second-order valence-corrected chi connectivity index (χ2v) is 4.74. The molecule has 3 rings (SSSR count). The normalized spacial score (nSPS) is 16.5. The summed E-state index contributed by atoms with van der Waals surface area (Å²) in [5.41, 5.74) is 0.985. The molecule has 94 valence electrons. The van der Waals surface area contributed by atoms with Gasteiger partial charge < -0.3 is 5.11 Å². The standard InChI is InChI=1S/C13H15N3O2/c17-7-10-5-9-6-14-8-15-12(9)16(13(10)18)11-3-1-2-4-11/h5-6,8,11,17H,1-4,7H2. The molecule has 0 aliphatic heterocycles. The van der Waals surface area contributed by atoms with Gasteiger partial charge in [-0.15, -0.1) is 0 Å². The van der Waals surface area contributed by atoms with Gasteiger partial charge in [0.25, 0.3) is 5.56 Å².